The first-order valence-electron chi connectivity index (χ1n) is 16.6. The molecule has 10 nitrogen and oxygen atoms in total. The highest BCUT2D eigenvalue weighted by molar-refractivity contribution is 6.00. The summed E-state index contributed by atoms with van der Waals surface area (Å²) in [7, 11) is 1.66. The molecule has 2 saturated heterocycles. The Bertz CT molecular complexity index is 1120. The van der Waals surface area contributed by atoms with Gasteiger partial charge in [0, 0.05) is 19.2 Å². The number of ether oxygens (including phenoxy) is 4. The summed E-state index contributed by atoms with van der Waals surface area (Å²) < 4.78 is 22.3. The van der Waals surface area contributed by atoms with Gasteiger partial charge in [-0.1, -0.05) is 50.7 Å². The van der Waals surface area contributed by atoms with Gasteiger partial charge in [-0.05, 0) is 84.9 Å². The van der Waals surface area contributed by atoms with Gasteiger partial charge in [0.05, 0.1) is 25.7 Å². The number of aliphatic imine (C=N–C) groups is 1. The highest BCUT2D eigenvalue weighted by Crippen LogP contribution is 2.37. The molecular weight excluding hydrogens is 574 g/mol. The predicted molar refractivity (Wildman–Crippen MR) is 174 cm³/mol. The van der Waals surface area contributed by atoms with Crippen LogP contribution in [0.1, 0.15) is 111 Å². The molecule has 2 aliphatic rings. The third-order valence-corrected chi connectivity index (χ3v) is 8.04. The number of fused-ring (bicyclic) bond motifs is 1. The monoisotopic (exact) mass is 629 g/mol. The number of carbonyl (C=O) groups excluding carboxylic acids is 3. The van der Waals surface area contributed by atoms with Gasteiger partial charge >= 0.3 is 12.2 Å². The average molecular weight is 630 g/mol. The Kier molecular flexibility index (Phi) is 13.7. The van der Waals surface area contributed by atoms with Gasteiger partial charge in [-0.3, -0.25) is 0 Å². The van der Waals surface area contributed by atoms with E-state index in [1.807, 2.05) is 29.2 Å². The lowest BCUT2D eigenvalue weighted by molar-refractivity contribution is -0.115. The predicted octanol–water partition coefficient (Wildman–Crippen LogP) is 7.52. The number of aldehydes is 1. The number of nitrogens with zero attached hydrogens (tertiary/aromatic N) is 3. The van der Waals surface area contributed by atoms with E-state index in [1.54, 1.807) is 48.7 Å². The summed E-state index contributed by atoms with van der Waals surface area (Å²) >= 11 is 0. The van der Waals surface area contributed by atoms with E-state index in [4.69, 9.17) is 18.9 Å². The molecule has 0 saturated carbocycles. The summed E-state index contributed by atoms with van der Waals surface area (Å²) in [6, 6.07) is 7.38. The Morgan fingerprint density at radius 3 is 2.13 bits per heavy atom. The van der Waals surface area contributed by atoms with E-state index in [-0.39, 0.29) is 12.0 Å². The first-order chi connectivity index (χ1) is 21.3. The van der Waals surface area contributed by atoms with E-state index in [2.05, 4.69) is 4.99 Å². The molecule has 0 spiro atoms. The molecule has 2 fully saturated rings. The molecule has 10 heteroatoms. The largest absolute Gasteiger partial charge is 0.497 e. The average Bonchev–Trinajstić information content (AvgIpc) is 3.44. The molecule has 252 valence electrons. The zero-order chi connectivity index (χ0) is 33.0. The highest BCUT2D eigenvalue weighted by Gasteiger charge is 2.50. The van der Waals surface area contributed by atoms with E-state index in [1.165, 1.54) is 4.90 Å². The molecule has 3 atom stereocenters. The molecule has 0 aromatic heterocycles. The normalized spacial score (nSPS) is 21.0. The van der Waals surface area contributed by atoms with Crippen LogP contribution in [0.5, 0.6) is 5.75 Å². The Hall–Kier alpha value is -3.14. The van der Waals surface area contributed by atoms with Crippen molar-refractivity contribution in [2.75, 3.05) is 20.3 Å². The summed E-state index contributed by atoms with van der Waals surface area (Å²) in [4.78, 5) is 46.7. The van der Waals surface area contributed by atoms with Gasteiger partial charge in [-0.15, -0.1) is 4.99 Å². The third-order valence-electron chi connectivity index (χ3n) is 8.04. The Labute approximate surface area is 269 Å². The SMILES string of the molecule is COc1ccc(COCCCCCCCCC[C@@H]2[C@H](C=O)[C@@H]3CCCN3/C(=N\C(=O)OC(C)(C)C)N2C(=O)OC(C)(C)C)cc1. The van der Waals surface area contributed by atoms with Crippen molar-refractivity contribution in [3.63, 3.8) is 0 Å². The van der Waals surface area contributed by atoms with Gasteiger partial charge in [0.2, 0.25) is 5.96 Å². The summed E-state index contributed by atoms with van der Waals surface area (Å²) in [6.07, 6.45) is 9.23. The molecule has 0 aliphatic carbocycles. The van der Waals surface area contributed by atoms with Crippen LogP contribution in [0.3, 0.4) is 0 Å². The molecule has 1 aromatic carbocycles. The van der Waals surface area contributed by atoms with Crippen molar-refractivity contribution in [3.05, 3.63) is 29.8 Å². The van der Waals surface area contributed by atoms with Crippen LogP contribution in [0.25, 0.3) is 0 Å². The Morgan fingerprint density at radius 1 is 0.911 bits per heavy atom. The lowest BCUT2D eigenvalue weighted by Gasteiger charge is -2.48. The standard InChI is InChI=1S/C35H55N3O7/c1-34(2,3)44-32(40)36-31-37-22-15-17-29(37)28(24-39)30(38(31)33(41)45-35(4,5)6)16-13-11-9-8-10-12-14-23-43-25-26-18-20-27(42-7)21-19-26/h18-21,24,28-30H,8-17,22-23,25H2,1-7H3/b36-31+/t28-,29+,30-/m1/s1. The number of hydrogen-bond acceptors (Lipinski definition) is 7. The van der Waals surface area contributed by atoms with Crippen molar-refractivity contribution in [1.29, 1.82) is 0 Å². The van der Waals surface area contributed by atoms with Crippen molar-refractivity contribution in [2.24, 2.45) is 10.9 Å². The zero-order valence-electron chi connectivity index (χ0n) is 28.5. The van der Waals surface area contributed by atoms with Crippen LogP contribution in [0, 0.1) is 5.92 Å². The lowest BCUT2D eigenvalue weighted by atomic mass is 9.85. The molecule has 0 bridgehead atoms. The molecular formula is C35H55N3O7. The maximum Gasteiger partial charge on any atom is 0.437 e. The first-order valence-corrected chi connectivity index (χ1v) is 16.6. The Morgan fingerprint density at radius 2 is 1.53 bits per heavy atom. The molecule has 0 unspecified atom stereocenters. The number of carbonyl (C=O) groups is 3. The van der Waals surface area contributed by atoms with Crippen molar-refractivity contribution < 1.29 is 33.3 Å². The molecule has 2 aliphatic heterocycles. The molecule has 3 rings (SSSR count). The summed E-state index contributed by atoms with van der Waals surface area (Å²) in [5.74, 6) is 0.687. The third kappa shape index (κ3) is 11.6. The van der Waals surface area contributed by atoms with Gasteiger partial charge in [0.25, 0.3) is 0 Å². The van der Waals surface area contributed by atoms with Crippen LogP contribution in [-0.2, 0) is 25.6 Å². The quantitative estimate of drug-likeness (QED) is 0.154. The van der Waals surface area contributed by atoms with E-state index in [0.717, 1.165) is 82.0 Å². The number of unbranched alkanes of at least 4 members (excludes halogenated alkanes) is 6. The van der Waals surface area contributed by atoms with Gasteiger partial charge in [0.1, 0.15) is 23.2 Å². The minimum absolute atomic E-state index is 0.112. The maximum atomic E-state index is 13.7. The first kappa shape index (κ1) is 36.3. The highest BCUT2D eigenvalue weighted by atomic mass is 16.6. The second kappa shape index (κ2) is 17.0. The number of rotatable bonds is 14. The van der Waals surface area contributed by atoms with Crippen LogP contribution >= 0.6 is 0 Å². The van der Waals surface area contributed by atoms with Crippen LogP contribution in [-0.4, -0.2) is 77.8 Å². The molecule has 2 heterocycles. The van der Waals surface area contributed by atoms with Crippen LogP contribution in [0.15, 0.2) is 29.3 Å². The fraction of sp³-hybridized carbons (Fsp3) is 0.714. The second-order valence-electron chi connectivity index (χ2n) is 14.1. The van der Waals surface area contributed by atoms with E-state index in [9.17, 15) is 14.4 Å². The topological polar surface area (TPSA) is 107 Å². The minimum Gasteiger partial charge on any atom is -0.497 e. The van der Waals surface area contributed by atoms with E-state index in [0.29, 0.717) is 19.6 Å². The van der Waals surface area contributed by atoms with Crippen molar-refractivity contribution in [3.8, 4) is 5.75 Å². The lowest BCUT2D eigenvalue weighted by Crippen LogP contribution is -2.65. The van der Waals surface area contributed by atoms with E-state index < -0.39 is 35.3 Å². The molecule has 2 amide bonds. The summed E-state index contributed by atoms with van der Waals surface area (Å²) in [5.41, 5.74) is -0.344. The molecule has 1 aromatic rings. The number of benzene rings is 1. The van der Waals surface area contributed by atoms with Crippen LogP contribution in [0.2, 0.25) is 0 Å². The van der Waals surface area contributed by atoms with Gasteiger partial charge in [0.15, 0.2) is 0 Å². The second-order valence-corrected chi connectivity index (χ2v) is 14.1. The summed E-state index contributed by atoms with van der Waals surface area (Å²) in [6.45, 7) is 12.7. The smallest absolute Gasteiger partial charge is 0.437 e. The van der Waals surface area contributed by atoms with Crippen molar-refractivity contribution in [1.82, 2.24) is 9.80 Å². The fourth-order valence-corrected chi connectivity index (χ4v) is 6.03. The minimum atomic E-state index is -0.758. The summed E-state index contributed by atoms with van der Waals surface area (Å²) in [5, 5.41) is 0. The number of methoxy groups -OCH3 is 1. The van der Waals surface area contributed by atoms with Gasteiger partial charge in [-0.2, -0.15) is 0 Å². The number of amides is 2. The molecule has 45 heavy (non-hydrogen) atoms. The number of guanidine groups is 1. The Balaban J connectivity index is 1.54. The van der Waals surface area contributed by atoms with Gasteiger partial charge in [-0.25, -0.2) is 14.5 Å². The fourth-order valence-electron chi connectivity index (χ4n) is 6.03. The van der Waals surface area contributed by atoms with Crippen molar-refractivity contribution >= 4 is 24.4 Å². The van der Waals surface area contributed by atoms with Crippen molar-refractivity contribution in [2.45, 2.75) is 136 Å². The zero-order valence-corrected chi connectivity index (χ0v) is 28.5. The molecule has 0 radical (unpaired) electrons. The maximum absolute atomic E-state index is 13.7. The van der Waals surface area contributed by atoms with Crippen LogP contribution in [0.4, 0.5) is 9.59 Å². The molecule has 0 N–H and O–H groups in total. The van der Waals surface area contributed by atoms with Gasteiger partial charge < -0.3 is 28.6 Å². The van der Waals surface area contributed by atoms with E-state index >= 15 is 0 Å². The number of hydrogen-bond donors (Lipinski definition) is 0. The van der Waals surface area contributed by atoms with Crippen LogP contribution < -0.4 is 4.74 Å².